The zero-order valence-corrected chi connectivity index (χ0v) is 13.2. The molecule has 0 saturated carbocycles. The van der Waals surface area contributed by atoms with Crippen LogP contribution in [0.2, 0.25) is 0 Å². The molecule has 1 aromatic carbocycles. The Hall–Kier alpha value is -2.21. The minimum atomic E-state index is -0.0905. The molecule has 6 heteroatoms. The first kappa shape index (κ1) is 16.2. The number of benzene rings is 1. The molecule has 0 saturated heterocycles. The highest BCUT2D eigenvalue weighted by Gasteiger charge is 2.13. The maximum absolute atomic E-state index is 12.0. The Bertz CT molecular complexity index is 624. The molecule has 0 aliphatic rings. The first-order valence-corrected chi connectivity index (χ1v) is 7.52. The van der Waals surface area contributed by atoms with E-state index in [2.05, 4.69) is 27.7 Å². The third-order valence-electron chi connectivity index (χ3n) is 3.36. The Morgan fingerprint density at radius 3 is 2.95 bits per heavy atom. The van der Waals surface area contributed by atoms with Gasteiger partial charge in [-0.1, -0.05) is 18.1 Å². The van der Waals surface area contributed by atoms with Crippen molar-refractivity contribution in [3.63, 3.8) is 0 Å². The van der Waals surface area contributed by atoms with Gasteiger partial charge in [0.1, 0.15) is 0 Å². The molecular weight excluding hydrogens is 280 g/mol. The van der Waals surface area contributed by atoms with Crippen molar-refractivity contribution in [2.75, 3.05) is 13.6 Å². The molecule has 22 heavy (non-hydrogen) atoms. The molecule has 0 spiro atoms. The largest absolute Gasteiger partial charge is 0.352 e. The van der Waals surface area contributed by atoms with Crippen LogP contribution >= 0.6 is 0 Å². The van der Waals surface area contributed by atoms with E-state index in [0.29, 0.717) is 30.2 Å². The fraction of sp³-hybridized carbons (Fsp3) is 0.438. The summed E-state index contributed by atoms with van der Waals surface area (Å²) in [4.78, 5) is 16.4. The molecule has 118 valence electrons. The van der Waals surface area contributed by atoms with Crippen molar-refractivity contribution in [2.24, 2.45) is 0 Å². The number of nitrogens with zero attached hydrogens (tertiary/aromatic N) is 2. The standard InChI is InChI=1S/C16H22N4O2/c1-4-8-18-15(21)12-6-5-7-13(10-12)16-19-14(20-22-16)9-11(2)17-3/h5-7,10-11,17H,4,8-9H2,1-3H3,(H,18,21). The maximum Gasteiger partial charge on any atom is 0.257 e. The van der Waals surface area contributed by atoms with Crippen LogP contribution in [0.25, 0.3) is 11.5 Å². The van der Waals surface area contributed by atoms with Crippen molar-refractivity contribution in [2.45, 2.75) is 32.7 Å². The lowest BCUT2D eigenvalue weighted by Gasteiger charge is -2.05. The Balaban J connectivity index is 2.14. The normalized spacial score (nSPS) is 12.1. The van der Waals surface area contributed by atoms with Gasteiger partial charge in [0.2, 0.25) is 0 Å². The summed E-state index contributed by atoms with van der Waals surface area (Å²) in [6.45, 7) is 4.73. The minimum Gasteiger partial charge on any atom is -0.352 e. The number of aromatic nitrogens is 2. The smallest absolute Gasteiger partial charge is 0.257 e. The summed E-state index contributed by atoms with van der Waals surface area (Å²) in [5, 5.41) is 9.96. The molecule has 0 bridgehead atoms. The van der Waals surface area contributed by atoms with E-state index in [1.807, 2.05) is 26.1 Å². The number of nitrogens with one attached hydrogen (secondary N) is 2. The molecule has 1 aromatic heterocycles. The Morgan fingerprint density at radius 2 is 2.23 bits per heavy atom. The van der Waals surface area contributed by atoms with Crippen LogP contribution in [0.4, 0.5) is 0 Å². The molecule has 0 radical (unpaired) electrons. The van der Waals surface area contributed by atoms with Gasteiger partial charge in [-0.15, -0.1) is 0 Å². The van der Waals surface area contributed by atoms with E-state index in [1.54, 1.807) is 12.1 Å². The number of rotatable bonds is 7. The molecule has 0 fully saturated rings. The second kappa shape index (κ2) is 7.70. The molecule has 2 rings (SSSR count). The second-order valence-corrected chi connectivity index (χ2v) is 5.25. The van der Waals surface area contributed by atoms with Gasteiger partial charge in [-0.2, -0.15) is 4.98 Å². The van der Waals surface area contributed by atoms with Gasteiger partial charge in [-0.25, -0.2) is 0 Å². The highest BCUT2D eigenvalue weighted by molar-refractivity contribution is 5.95. The van der Waals surface area contributed by atoms with E-state index >= 15 is 0 Å². The predicted octanol–water partition coefficient (Wildman–Crippen LogP) is 2.03. The Morgan fingerprint density at radius 1 is 1.41 bits per heavy atom. The van der Waals surface area contributed by atoms with Crippen molar-refractivity contribution >= 4 is 5.91 Å². The highest BCUT2D eigenvalue weighted by atomic mass is 16.5. The monoisotopic (exact) mass is 302 g/mol. The molecule has 6 nitrogen and oxygen atoms in total. The summed E-state index contributed by atoms with van der Waals surface area (Å²) < 4.78 is 5.29. The van der Waals surface area contributed by atoms with Crippen molar-refractivity contribution < 1.29 is 9.32 Å². The van der Waals surface area contributed by atoms with Crippen LogP contribution in [0, 0.1) is 0 Å². The molecule has 2 aromatic rings. The summed E-state index contributed by atoms with van der Waals surface area (Å²) in [5.74, 6) is 0.994. The predicted molar refractivity (Wildman–Crippen MR) is 84.6 cm³/mol. The van der Waals surface area contributed by atoms with Gasteiger partial charge in [0.25, 0.3) is 11.8 Å². The Kier molecular flexibility index (Phi) is 5.66. The van der Waals surface area contributed by atoms with Crippen molar-refractivity contribution in [3.8, 4) is 11.5 Å². The first-order valence-electron chi connectivity index (χ1n) is 7.52. The SMILES string of the molecule is CCCNC(=O)c1cccc(-c2nc(CC(C)NC)no2)c1. The van der Waals surface area contributed by atoms with Crippen molar-refractivity contribution in [1.29, 1.82) is 0 Å². The Labute approximate surface area is 130 Å². The molecule has 1 atom stereocenters. The zero-order chi connectivity index (χ0) is 15.9. The quantitative estimate of drug-likeness (QED) is 0.818. The number of carbonyl (C=O) groups is 1. The molecule has 1 heterocycles. The summed E-state index contributed by atoms with van der Waals surface area (Å²) in [5.41, 5.74) is 1.34. The lowest BCUT2D eigenvalue weighted by molar-refractivity contribution is 0.0953. The van der Waals surface area contributed by atoms with E-state index in [4.69, 9.17) is 4.52 Å². The summed E-state index contributed by atoms with van der Waals surface area (Å²) in [6.07, 6.45) is 1.60. The number of likely N-dealkylation sites (N-methyl/N-ethyl adjacent to an activating group) is 1. The summed E-state index contributed by atoms with van der Waals surface area (Å²) in [6, 6.07) is 7.49. The van der Waals surface area contributed by atoms with E-state index in [1.165, 1.54) is 0 Å². The van der Waals surface area contributed by atoms with Crippen LogP contribution in [-0.4, -0.2) is 35.7 Å². The molecule has 1 unspecified atom stereocenters. The lowest BCUT2D eigenvalue weighted by atomic mass is 10.1. The van der Waals surface area contributed by atoms with Crippen LogP contribution in [0.5, 0.6) is 0 Å². The third-order valence-corrected chi connectivity index (χ3v) is 3.36. The average molecular weight is 302 g/mol. The lowest BCUT2D eigenvalue weighted by Crippen LogP contribution is -2.24. The zero-order valence-electron chi connectivity index (χ0n) is 13.2. The van der Waals surface area contributed by atoms with E-state index in [-0.39, 0.29) is 11.9 Å². The molecule has 0 aliphatic heterocycles. The molecule has 0 aliphatic carbocycles. The maximum atomic E-state index is 12.0. The summed E-state index contributed by atoms with van der Waals surface area (Å²) >= 11 is 0. The molecular formula is C16H22N4O2. The van der Waals surface area contributed by atoms with Crippen LogP contribution < -0.4 is 10.6 Å². The van der Waals surface area contributed by atoms with Gasteiger partial charge in [0.05, 0.1) is 0 Å². The van der Waals surface area contributed by atoms with E-state index in [0.717, 1.165) is 12.0 Å². The molecule has 2 N–H and O–H groups in total. The minimum absolute atomic E-state index is 0.0905. The fourth-order valence-corrected chi connectivity index (χ4v) is 1.96. The van der Waals surface area contributed by atoms with Gasteiger partial charge < -0.3 is 15.2 Å². The first-order chi connectivity index (χ1) is 10.6. The topological polar surface area (TPSA) is 80.0 Å². The summed E-state index contributed by atoms with van der Waals surface area (Å²) in [7, 11) is 1.89. The van der Waals surface area contributed by atoms with Crippen LogP contribution in [0.1, 0.15) is 36.5 Å². The van der Waals surface area contributed by atoms with Gasteiger partial charge in [-0.05, 0) is 38.6 Å². The van der Waals surface area contributed by atoms with Crippen LogP contribution in [0.3, 0.4) is 0 Å². The van der Waals surface area contributed by atoms with Gasteiger partial charge in [0.15, 0.2) is 5.82 Å². The average Bonchev–Trinajstić information content (AvgIpc) is 3.01. The molecule has 1 amide bonds. The fourth-order valence-electron chi connectivity index (χ4n) is 1.96. The second-order valence-electron chi connectivity index (χ2n) is 5.25. The van der Waals surface area contributed by atoms with Gasteiger partial charge in [0, 0.05) is 30.1 Å². The van der Waals surface area contributed by atoms with Crippen LogP contribution in [0.15, 0.2) is 28.8 Å². The number of hydrogen-bond acceptors (Lipinski definition) is 5. The van der Waals surface area contributed by atoms with Gasteiger partial charge >= 0.3 is 0 Å². The van der Waals surface area contributed by atoms with Gasteiger partial charge in [-0.3, -0.25) is 4.79 Å². The third kappa shape index (κ3) is 4.14. The van der Waals surface area contributed by atoms with Crippen molar-refractivity contribution in [1.82, 2.24) is 20.8 Å². The van der Waals surface area contributed by atoms with E-state index < -0.39 is 0 Å². The highest BCUT2D eigenvalue weighted by Crippen LogP contribution is 2.19. The number of carbonyl (C=O) groups excluding carboxylic acids is 1. The van der Waals surface area contributed by atoms with Crippen molar-refractivity contribution in [3.05, 3.63) is 35.7 Å². The number of hydrogen-bond donors (Lipinski definition) is 2. The van der Waals surface area contributed by atoms with E-state index in [9.17, 15) is 4.79 Å². The van der Waals surface area contributed by atoms with Crippen LogP contribution in [-0.2, 0) is 6.42 Å². The number of amides is 1.